The second kappa shape index (κ2) is 5.91. The standard InChI is InChI=1S/C12H15N5O3/c1-19-8-3-4-9(20-2)7(5-8)6-14-11(18)10-15-12(13)17-16-10/h3-5H,6H2,1-2H3,(H,14,18)(H3,13,15,16,17). The Morgan fingerprint density at radius 1 is 1.40 bits per heavy atom. The summed E-state index contributed by atoms with van der Waals surface area (Å²) in [4.78, 5) is 15.6. The number of amides is 1. The highest BCUT2D eigenvalue weighted by Crippen LogP contribution is 2.23. The molecular formula is C12H15N5O3. The van der Waals surface area contributed by atoms with Gasteiger partial charge in [0.25, 0.3) is 5.91 Å². The average molecular weight is 277 g/mol. The van der Waals surface area contributed by atoms with Crippen LogP contribution in [0.15, 0.2) is 18.2 Å². The van der Waals surface area contributed by atoms with Crippen molar-refractivity contribution in [3.8, 4) is 11.5 Å². The highest BCUT2D eigenvalue weighted by atomic mass is 16.5. The molecule has 8 heteroatoms. The van der Waals surface area contributed by atoms with Crippen molar-refractivity contribution in [2.75, 3.05) is 20.0 Å². The number of aromatic nitrogens is 3. The van der Waals surface area contributed by atoms with Crippen molar-refractivity contribution in [3.05, 3.63) is 29.6 Å². The predicted octanol–water partition coefficient (Wildman–Crippen LogP) is 0.334. The molecule has 20 heavy (non-hydrogen) atoms. The maximum Gasteiger partial charge on any atom is 0.288 e. The van der Waals surface area contributed by atoms with Gasteiger partial charge < -0.3 is 20.5 Å². The second-order valence-corrected chi connectivity index (χ2v) is 3.90. The molecule has 0 unspecified atom stereocenters. The molecule has 0 spiro atoms. The highest BCUT2D eigenvalue weighted by molar-refractivity contribution is 5.90. The number of nitrogen functional groups attached to an aromatic ring is 1. The molecule has 106 valence electrons. The van der Waals surface area contributed by atoms with Crippen molar-refractivity contribution in [1.29, 1.82) is 0 Å². The summed E-state index contributed by atoms with van der Waals surface area (Å²) in [6.45, 7) is 0.264. The fourth-order valence-electron chi connectivity index (χ4n) is 1.66. The van der Waals surface area contributed by atoms with Gasteiger partial charge in [0.2, 0.25) is 11.8 Å². The van der Waals surface area contributed by atoms with E-state index in [1.807, 2.05) is 0 Å². The number of nitrogens with one attached hydrogen (secondary N) is 2. The Hall–Kier alpha value is -2.77. The van der Waals surface area contributed by atoms with Crippen LogP contribution in [0.25, 0.3) is 0 Å². The number of ether oxygens (including phenoxy) is 2. The fraction of sp³-hybridized carbons (Fsp3) is 0.250. The highest BCUT2D eigenvalue weighted by Gasteiger charge is 2.12. The van der Waals surface area contributed by atoms with Gasteiger partial charge in [-0.2, -0.15) is 4.98 Å². The van der Waals surface area contributed by atoms with Gasteiger partial charge in [0.05, 0.1) is 14.2 Å². The van der Waals surface area contributed by atoms with Crippen LogP contribution in [0.3, 0.4) is 0 Å². The van der Waals surface area contributed by atoms with Gasteiger partial charge >= 0.3 is 0 Å². The fourth-order valence-corrected chi connectivity index (χ4v) is 1.66. The molecule has 2 rings (SSSR count). The maximum atomic E-state index is 11.8. The molecule has 0 aliphatic rings. The van der Waals surface area contributed by atoms with Crippen molar-refractivity contribution in [2.45, 2.75) is 6.54 Å². The lowest BCUT2D eigenvalue weighted by molar-refractivity contribution is 0.0940. The van der Waals surface area contributed by atoms with Crippen molar-refractivity contribution in [1.82, 2.24) is 20.5 Å². The van der Waals surface area contributed by atoms with Crippen LogP contribution in [0.4, 0.5) is 5.95 Å². The molecule has 4 N–H and O–H groups in total. The Labute approximate surface area is 115 Å². The van der Waals surface area contributed by atoms with Crippen LogP contribution in [-0.2, 0) is 6.54 Å². The Kier molecular flexibility index (Phi) is 4.04. The summed E-state index contributed by atoms with van der Waals surface area (Å²) in [5, 5.41) is 8.72. The number of hydrogen-bond acceptors (Lipinski definition) is 6. The normalized spacial score (nSPS) is 10.1. The van der Waals surface area contributed by atoms with E-state index in [-0.39, 0.29) is 18.3 Å². The number of rotatable bonds is 5. The minimum absolute atomic E-state index is 0.0223. The van der Waals surface area contributed by atoms with Gasteiger partial charge in [-0.05, 0) is 18.2 Å². The summed E-state index contributed by atoms with van der Waals surface area (Å²) in [6, 6.07) is 5.34. The minimum atomic E-state index is -0.404. The van der Waals surface area contributed by atoms with Gasteiger partial charge in [0.15, 0.2) is 0 Å². The number of benzene rings is 1. The first-order valence-electron chi connectivity index (χ1n) is 5.81. The quantitative estimate of drug-likeness (QED) is 0.725. The smallest absolute Gasteiger partial charge is 0.288 e. The number of carbonyl (C=O) groups is 1. The summed E-state index contributed by atoms with van der Waals surface area (Å²) < 4.78 is 10.4. The predicted molar refractivity (Wildman–Crippen MR) is 71.5 cm³/mol. The van der Waals surface area contributed by atoms with E-state index in [0.29, 0.717) is 11.5 Å². The number of nitrogens with two attached hydrogens (primary N) is 1. The first-order chi connectivity index (χ1) is 9.63. The molecule has 1 aromatic heterocycles. The van der Waals surface area contributed by atoms with Gasteiger partial charge in [-0.25, -0.2) is 0 Å². The van der Waals surface area contributed by atoms with Crippen molar-refractivity contribution in [3.63, 3.8) is 0 Å². The Morgan fingerprint density at radius 3 is 2.80 bits per heavy atom. The van der Waals surface area contributed by atoms with Gasteiger partial charge in [-0.15, -0.1) is 5.10 Å². The molecule has 8 nitrogen and oxygen atoms in total. The van der Waals surface area contributed by atoms with Crippen LogP contribution in [0.2, 0.25) is 0 Å². The van der Waals surface area contributed by atoms with Crippen LogP contribution >= 0.6 is 0 Å². The van der Waals surface area contributed by atoms with E-state index in [4.69, 9.17) is 15.2 Å². The SMILES string of the molecule is COc1ccc(OC)c(CNC(=O)c2nc(N)n[nH]2)c1. The Bertz CT molecular complexity index is 611. The molecule has 0 atom stereocenters. The second-order valence-electron chi connectivity index (χ2n) is 3.90. The molecule has 1 amide bonds. The molecule has 0 saturated heterocycles. The molecule has 0 aliphatic heterocycles. The third-order valence-electron chi connectivity index (χ3n) is 2.64. The van der Waals surface area contributed by atoms with Gasteiger partial charge in [-0.1, -0.05) is 0 Å². The zero-order chi connectivity index (χ0) is 14.5. The van der Waals surface area contributed by atoms with E-state index in [1.165, 1.54) is 0 Å². The number of nitrogens with zero attached hydrogens (tertiary/aromatic N) is 2. The number of H-pyrrole nitrogens is 1. The summed E-state index contributed by atoms with van der Waals surface area (Å²) in [6.07, 6.45) is 0. The number of anilines is 1. The van der Waals surface area contributed by atoms with Crippen molar-refractivity contribution >= 4 is 11.9 Å². The molecule has 0 aliphatic carbocycles. The molecule has 0 fully saturated rings. The molecule has 1 heterocycles. The maximum absolute atomic E-state index is 11.8. The number of hydrogen-bond donors (Lipinski definition) is 3. The van der Waals surface area contributed by atoms with Crippen LogP contribution in [0.1, 0.15) is 16.2 Å². The van der Waals surface area contributed by atoms with E-state index in [9.17, 15) is 4.79 Å². The first-order valence-corrected chi connectivity index (χ1v) is 5.81. The summed E-state index contributed by atoms with van der Waals surface area (Å²) >= 11 is 0. The van der Waals surface area contributed by atoms with E-state index in [1.54, 1.807) is 32.4 Å². The average Bonchev–Trinajstić information content (AvgIpc) is 2.91. The first kappa shape index (κ1) is 13.7. The third kappa shape index (κ3) is 2.97. The Balaban J connectivity index is 2.08. The zero-order valence-corrected chi connectivity index (χ0v) is 11.1. The lowest BCUT2D eigenvalue weighted by Gasteiger charge is -2.10. The largest absolute Gasteiger partial charge is 0.497 e. The molecule has 0 saturated carbocycles. The topological polar surface area (TPSA) is 115 Å². The van der Waals surface area contributed by atoms with Gasteiger partial charge in [0, 0.05) is 12.1 Å². The molecule has 0 bridgehead atoms. The van der Waals surface area contributed by atoms with Gasteiger partial charge in [-0.3, -0.25) is 9.89 Å². The Morgan fingerprint density at radius 2 is 2.20 bits per heavy atom. The number of methoxy groups -OCH3 is 2. The van der Waals surface area contributed by atoms with Crippen molar-refractivity contribution < 1.29 is 14.3 Å². The molecule has 2 aromatic rings. The van der Waals surface area contributed by atoms with Crippen LogP contribution in [0, 0.1) is 0 Å². The van der Waals surface area contributed by atoms with E-state index in [2.05, 4.69) is 20.5 Å². The minimum Gasteiger partial charge on any atom is -0.497 e. The molecule has 0 radical (unpaired) electrons. The number of carbonyl (C=O) groups excluding carboxylic acids is 1. The zero-order valence-electron chi connectivity index (χ0n) is 11.1. The lowest BCUT2D eigenvalue weighted by Crippen LogP contribution is -2.24. The van der Waals surface area contributed by atoms with Crippen LogP contribution in [0.5, 0.6) is 11.5 Å². The summed E-state index contributed by atoms with van der Waals surface area (Å²) in [5.74, 6) is 1.01. The molecular weight excluding hydrogens is 262 g/mol. The van der Waals surface area contributed by atoms with E-state index >= 15 is 0 Å². The van der Waals surface area contributed by atoms with Gasteiger partial charge in [0.1, 0.15) is 11.5 Å². The summed E-state index contributed by atoms with van der Waals surface area (Å²) in [7, 11) is 3.13. The number of aromatic amines is 1. The van der Waals surface area contributed by atoms with E-state index < -0.39 is 5.91 Å². The van der Waals surface area contributed by atoms with Crippen LogP contribution in [-0.4, -0.2) is 35.3 Å². The monoisotopic (exact) mass is 277 g/mol. The van der Waals surface area contributed by atoms with Crippen LogP contribution < -0.4 is 20.5 Å². The third-order valence-corrected chi connectivity index (χ3v) is 2.64. The van der Waals surface area contributed by atoms with Crippen molar-refractivity contribution in [2.24, 2.45) is 0 Å². The summed E-state index contributed by atoms with van der Waals surface area (Å²) in [5.41, 5.74) is 6.12. The lowest BCUT2D eigenvalue weighted by atomic mass is 10.2. The molecule has 1 aromatic carbocycles. The van der Waals surface area contributed by atoms with E-state index in [0.717, 1.165) is 5.56 Å².